The Morgan fingerprint density at radius 3 is 2.73 bits per heavy atom. The topological polar surface area (TPSA) is 83.1 Å². The van der Waals surface area contributed by atoms with Gasteiger partial charge in [0.1, 0.15) is 0 Å². The van der Waals surface area contributed by atoms with Crippen LogP contribution in [0.25, 0.3) is 6.08 Å². The van der Waals surface area contributed by atoms with Crippen LogP contribution in [0.1, 0.15) is 27.0 Å². The van der Waals surface area contributed by atoms with E-state index >= 15 is 0 Å². The number of amides is 2. The molecule has 3 aromatic rings. The number of rotatable bonds is 5. The summed E-state index contributed by atoms with van der Waals surface area (Å²) < 4.78 is 0. The number of carbonyl (C=O) groups is 2. The molecule has 0 radical (unpaired) electrons. The van der Waals surface area contributed by atoms with Crippen molar-refractivity contribution in [3.63, 3.8) is 0 Å². The molecule has 2 heterocycles. The van der Waals surface area contributed by atoms with Crippen molar-refractivity contribution in [1.29, 1.82) is 0 Å². The van der Waals surface area contributed by atoms with E-state index in [1.165, 1.54) is 0 Å². The van der Waals surface area contributed by atoms with E-state index in [1.807, 2.05) is 55.5 Å². The van der Waals surface area contributed by atoms with E-state index in [1.54, 1.807) is 24.5 Å². The zero-order chi connectivity index (χ0) is 20.9. The molecule has 1 aliphatic heterocycles. The number of benzene rings is 2. The number of aryl methyl sites for hydroxylation is 1. The standard InChI is InChI=1S/C24H22N4O2/c1-16-7-8-18(23(29)27-13-17-5-3-2-4-6-17)12-22(16)28-24(30)20-11-19-14-25-10-9-21(19)26-15-20/h2-12,14,26H,13,15H2,1H3,(H,27,29)(H,28,30). The Morgan fingerprint density at radius 1 is 1.07 bits per heavy atom. The minimum atomic E-state index is -0.207. The Hall–Kier alpha value is -3.93. The van der Waals surface area contributed by atoms with Crippen LogP contribution in [0, 0.1) is 6.92 Å². The molecule has 6 nitrogen and oxygen atoms in total. The maximum Gasteiger partial charge on any atom is 0.253 e. The van der Waals surface area contributed by atoms with Crippen LogP contribution in [-0.4, -0.2) is 23.3 Å². The first-order valence-electron chi connectivity index (χ1n) is 9.73. The highest BCUT2D eigenvalue weighted by Gasteiger charge is 2.17. The fraction of sp³-hybridized carbons (Fsp3) is 0.125. The van der Waals surface area contributed by atoms with Crippen molar-refractivity contribution in [3.8, 4) is 0 Å². The molecule has 2 amide bonds. The van der Waals surface area contributed by atoms with Crippen molar-refractivity contribution in [2.75, 3.05) is 17.2 Å². The SMILES string of the molecule is Cc1ccc(C(=O)NCc2ccccc2)cc1NC(=O)C1=Cc2cnccc2NC1. The molecule has 0 spiro atoms. The lowest BCUT2D eigenvalue weighted by Gasteiger charge is -2.18. The zero-order valence-electron chi connectivity index (χ0n) is 16.6. The van der Waals surface area contributed by atoms with Crippen LogP contribution >= 0.6 is 0 Å². The van der Waals surface area contributed by atoms with Crippen molar-refractivity contribution < 1.29 is 9.59 Å². The third-order valence-corrected chi connectivity index (χ3v) is 4.99. The maximum atomic E-state index is 12.8. The van der Waals surface area contributed by atoms with E-state index in [2.05, 4.69) is 20.9 Å². The Balaban J connectivity index is 1.46. The van der Waals surface area contributed by atoms with Gasteiger partial charge in [-0.05, 0) is 42.3 Å². The van der Waals surface area contributed by atoms with Gasteiger partial charge < -0.3 is 16.0 Å². The molecule has 1 aliphatic rings. The summed E-state index contributed by atoms with van der Waals surface area (Å²) in [5.41, 5.74) is 5.46. The molecule has 3 N–H and O–H groups in total. The normalized spacial score (nSPS) is 12.2. The Kier molecular flexibility index (Phi) is 5.57. The van der Waals surface area contributed by atoms with Crippen LogP contribution in [0.3, 0.4) is 0 Å². The third kappa shape index (κ3) is 4.38. The van der Waals surface area contributed by atoms with Crippen molar-refractivity contribution in [2.24, 2.45) is 0 Å². The van der Waals surface area contributed by atoms with Crippen molar-refractivity contribution in [2.45, 2.75) is 13.5 Å². The number of aromatic nitrogens is 1. The summed E-state index contributed by atoms with van der Waals surface area (Å²) in [4.78, 5) is 29.4. The van der Waals surface area contributed by atoms with Gasteiger partial charge in [-0.25, -0.2) is 0 Å². The van der Waals surface area contributed by atoms with E-state index in [0.29, 0.717) is 29.9 Å². The van der Waals surface area contributed by atoms with E-state index in [0.717, 1.165) is 22.4 Å². The Bertz CT molecular complexity index is 1120. The van der Waals surface area contributed by atoms with Crippen molar-refractivity contribution >= 4 is 29.3 Å². The summed E-state index contributed by atoms with van der Waals surface area (Å²) in [6, 6.07) is 16.9. The number of hydrogen-bond donors (Lipinski definition) is 3. The largest absolute Gasteiger partial charge is 0.380 e. The van der Waals surface area contributed by atoms with Crippen LogP contribution in [0.2, 0.25) is 0 Å². The smallest absolute Gasteiger partial charge is 0.253 e. The lowest BCUT2D eigenvalue weighted by Crippen LogP contribution is -2.24. The molecular formula is C24H22N4O2. The third-order valence-electron chi connectivity index (χ3n) is 4.99. The number of nitrogens with zero attached hydrogens (tertiary/aromatic N) is 1. The first-order valence-corrected chi connectivity index (χ1v) is 9.73. The number of carbonyl (C=O) groups excluding carboxylic acids is 2. The Labute approximate surface area is 175 Å². The van der Waals surface area contributed by atoms with Crippen LogP contribution in [-0.2, 0) is 11.3 Å². The molecule has 4 rings (SSSR count). The number of pyridine rings is 1. The van der Waals surface area contributed by atoms with Gasteiger partial charge >= 0.3 is 0 Å². The lowest BCUT2D eigenvalue weighted by atomic mass is 10.0. The second kappa shape index (κ2) is 8.61. The first kappa shape index (κ1) is 19.4. The van der Waals surface area contributed by atoms with E-state index in [9.17, 15) is 9.59 Å². The molecule has 6 heteroatoms. The van der Waals surface area contributed by atoms with E-state index in [-0.39, 0.29) is 11.8 Å². The lowest BCUT2D eigenvalue weighted by molar-refractivity contribution is -0.112. The number of hydrogen-bond acceptors (Lipinski definition) is 4. The minimum absolute atomic E-state index is 0.187. The van der Waals surface area contributed by atoms with Gasteiger partial charge in [-0.2, -0.15) is 0 Å². The Morgan fingerprint density at radius 2 is 1.90 bits per heavy atom. The first-order chi connectivity index (χ1) is 14.6. The fourth-order valence-corrected chi connectivity index (χ4v) is 3.24. The van der Waals surface area contributed by atoms with E-state index in [4.69, 9.17) is 0 Å². The highest BCUT2D eigenvalue weighted by Crippen LogP contribution is 2.24. The van der Waals surface area contributed by atoms with Crippen molar-refractivity contribution in [1.82, 2.24) is 10.3 Å². The number of fused-ring (bicyclic) bond motifs is 1. The molecule has 0 aliphatic carbocycles. The predicted octanol–water partition coefficient (Wildman–Crippen LogP) is 3.77. The van der Waals surface area contributed by atoms with Gasteiger partial charge in [0.15, 0.2) is 0 Å². The highest BCUT2D eigenvalue weighted by atomic mass is 16.2. The van der Waals surface area contributed by atoms with Crippen molar-refractivity contribution in [3.05, 3.63) is 94.8 Å². The van der Waals surface area contributed by atoms with Gasteiger partial charge in [-0.3, -0.25) is 14.6 Å². The van der Waals surface area contributed by atoms with Crippen LogP contribution in [0.5, 0.6) is 0 Å². The molecule has 0 saturated carbocycles. The molecule has 1 aromatic heterocycles. The molecule has 0 bridgehead atoms. The molecule has 0 saturated heterocycles. The minimum Gasteiger partial charge on any atom is -0.380 e. The number of nitrogens with one attached hydrogen (secondary N) is 3. The van der Waals surface area contributed by atoms with Crippen LogP contribution in [0.15, 0.2) is 72.6 Å². The molecule has 0 atom stereocenters. The summed E-state index contributed by atoms with van der Waals surface area (Å²) >= 11 is 0. The highest BCUT2D eigenvalue weighted by molar-refractivity contribution is 6.09. The molecule has 0 unspecified atom stereocenters. The summed E-state index contributed by atoms with van der Waals surface area (Å²) in [7, 11) is 0. The monoisotopic (exact) mass is 398 g/mol. The quantitative estimate of drug-likeness (QED) is 0.611. The van der Waals surface area contributed by atoms with Crippen LogP contribution in [0.4, 0.5) is 11.4 Å². The zero-order valence-corrected chi connectivity index (χ0v) is 16.6. The molecule has 0 fully saturated rings. The summed E-state index contributed by atoms with van der Waals surface area (Å²) in [5.74, 6) is -0.394. The van der Waals surface area contributed by atoms with Gasteiger partial charge in [0.25, 0.3) is 11.8 Å². The van der Waals surface area contributed by atoms with Crippen LogP contribution < -0.4 is 16.0 Å². The molecule has 150 valence electrons. The maximum absolute atomic E-state index is 12.8. The second-order valence-corrected chi connectivity index (χ2v) is 7.14. The predicted molar refractivity (Wildman–Crippen MR) is 118 cm³/mol. The summed E-state index contributed by atoms with van der Waals surface area (Å²) in [6.07, 6.45) is 5.26. The average Bonchev–Trinajstić information content (AvgIpc) is 2.79. The van der Waals surface area contributed by atoms with Gasteiger partial charge in [0.2, 0.25) is 0 Å². The van der Waals surface area contributed by atoms with E-state index < -0.39 is 0 Å². The van der Waals surface area contributed by atoms with Gasteiger partial charge in [0, 0.05) is 53.6 Å². The molecule has 2 aromatic carbocycles. The number of anilines is 2. The second-order valence-electron chi connectivity index (χ2n) is 7.14. The molecule has 30 heavy (non-hydrogen) atoms. The van der Waals surface area contributed by atoms with Gasteiger partial charge in [-0.1, -0.05) is 36.4 Å². The average molecular weight is 398 g/mol. The molecular weight excluding hydrogens is 376 g/mol. The van der Waals surface area contributed by atoms with Gasteiger partial charge in [0.05, 0.1) is 0 Å². The fourth-order valence-electron chi connectivity index (χ4n) is 3.24. The van der Waals surface area contributed by atoms with Gasteiger partial charge in [-0.15, -0.1) is 0 Å². The summed E-state index contributed by atoms with van der Waals surface area (Å²) in [5, 5.41) is 9.06. The summed E-state index contributed by atoms with van der Waals surface area (Å²) in [6.45, 7) is 2.77.